The van der Waals surface area contributed by atoms with Crippen molar-refractivity contribution in [3.05, 3.63) is 95.8 Å². The summed E-state index contributed by atoms with van der Waals surface area (Å²) in [7, 11) is 0. The maximum atomic E-state index is 13.2. The van der Waals surface area contributed by atoms with Crippen molar-refractivity contribution in [1.29, 1.82) is 0 Å². The first-order chi connectivity index (χ1) is 16.0. The highest BCUT2D eigenvalue weighted by atomic mass is 16.6. The maximum absolute atomic E-state index is 13.2. The van der Waals surface area contributed by atoms with E-state index in [2.05, 4.69) is 10.3 Å². The van der Waals surface area contributed by atoms with Crippen LogP contribution in [-0.4, -0.2) is 36.0 Å². The molecule has 7 nitrogen and oxygen atoms in total. The molecule has 0 spiro atoms. The molecule has 1 heterocycles. The number of hydrogen-bond acceptors (Lipinski definition) is 6. The summed E-state index contributed by atoms with van der Waals surface area (Å²) >= 11 is 0. The average Bonchev–Trinajstić information content (AvgIpc) is 2.84. The van der Waals surface area contributed by atoms with Crippen LogP contribution in [0.5, 0.6) is 0 Å². The Balaban J connectivity index is 1.99. The van der Waals surface area contributed by atoms with Crippen molar-refractivity contribution >= 4 is 23.5 Å². The van der Waals surface area contributed by atoms with E-state index in [0.29, 0.717) is 22.5 Å². The van der Waals surface area contributed by atoms with Crippen LogP contribution >= 0.6 is 0 Å². The van der Waals surface area contributed by atoms with Crippen molar-refractivity contribution < 1.29 is 23.9 Å². The SMILES string of the molecule is CCOC(=O)C(Cc1ccccn1)(C(=O)OCC)c1ccc(NC(=O)c2ccccc2)cc1. The van der Waals surface area contributed by atoms with Crippen LogP contribution in [0.25, 0.3) is 0 Å². The van der Waals surface area contributed by atoms with Gasteiger partial charge < -0.3 is 14.8 Å². The molecule has 1 amide bonds. The normalized spacial score (nSPS) is 10.8. The predicted molar refractivity (Wildman–Crippen MR) is 124 cm³/mol. The molecule has 2 aromatic carbocycles. The average molecular weight is 447 g/mol. The number of anilines is 1. The molecule has 0 unspecified atom stereocenters. The monoisotopic (exact) mass is 446 g/mol. The lowest BCUT2D eigenvalue weighted by atomic mass is 9.76. The van der Waals surface area contributed by atoms with Crippen LogP contribution < -0.4 is 5.32 Å². The van der Waals surface area contributed by atoms with Gasteiger partial charge in [-0.3, -0.25) is 19.4 Å². The lowest BCUT2D eigenvalue weighted by Gasteiger charge is -2.29. The first kappa shape index (κ1) is 23.7. The van der Waals surface area contributed by atoms with Gasteiger partial charge in [-0.05, 0) is 55.8 Å². The zero-order valence-corrected chi connectivity index (χ0v) is 18.6. The van der Waals surface area contributed by atoms with Crippen LogP contribution in [0.15, 0.2) is 79.0 Å². The molecule has 0 bridgehead atoms. The fourth-order valence-corrected chi connectivity index (χ4v) is 3.48. The molecule has 170 valence electrons. The predicted octanol–water partition coefficient (Wildman–Crippen LogP) is 3.94. The van der Waals surface area contributed by atoms with Gasteiger partial charge in [-0.2, -0.15) is 0 Å². The van der Waals surface area contributed by atoms with E-state index in [1.54, 1.807) is 86.8 Å². The van der Waals surface area contributed by atoms with Gasteiger partial charge in [-0.15, -0.1) is 0 Å². The van der Waals surface area contributed by atoms with Crippen molar-refractivity contribution in [1.82, 2.24) is 4.98 Å². The third-order valence-corrected chi connectivity index (χ3v) is 5.09. The van der Waals surface area contributed by atoms with E-state index >= 15 is 0 Å². The molecule has 1 N–H and O–H groups in total. The number of benzene rings is 2. The second kappa shape index (κ2) is 11.0. The minimum atomic E-state index is -1.73. The number of carbonyl (C=O) groups is 3. The molecule has 1 aromatic heterocycles. The van der Waals surface area contributed by atoms with Crippen molar-refractivity contribution in [3.8, 4) is 0 Å². The molecule has 0 aliphatic rings. The third-order valence-electron chi connectivity index (χ3n) is 5.09. The zero-order chi connectivity index (χ0) is 23.7. The highest BCUT2D eigenvalue weighted by Crippen LogP contribution is 2.33. The maximum Gasteiger partial charge on any atom is 0.328 e. The molecular formula is C26H26N2O5. The molecule has 3 rings (SSSR count). The Bertz CT molecular complexity index is 1060. The van der Waals surface area contributed by atoms with E-state index in [4.69, 9.17) is 9.47 Å². The van der Waals surface area contributed by atoms with Gasteiger partial charge in [0, 0.05) is 29.6 Å². The van der Waals surface area contributed by atoms with Gasteiger partial charge in [0.05, 0.1) is 13.2 Å². The first-order valence-electron chi connectivity index (χ1n) is 10.7. The third kappa shape index (κ3) is 5.44. The highest BCUT2D eigenvalue weighted by Gasteiger charge is 2.51. The lowest BCUT2D eigenvalue weighted by molar-refractivity contribution is -0.165. The van der Waals surface area contributed by atoms with Crippen molar-refractivity contribution in [2.45, 2.75) is 25.7 Å². The number of nitrogens with zero attached hydrogens (tertiary/aromatic N) is 1. The van der Waals surface area contributed by atoms with Crippen LogP contribution in [-0.2, 0) is 30.9 Å². The number of pyridine rings is 1. The van der Waals surface area contributed by atoms with Gasteiger partial charge in [0.2, 0.25) is 0 Å². The lowest BCUT2D eigenvalue weighted by Crippen LogP contribution is -2.48. The minimum Gasteiger partial charge on any atom is -0.465 e. The van der Waals surface area contributed by atoms with E-state index in [1.807, 2.05) is 6.07 Å². The van der Waals surface area contributed by atoms with Crippen LogP contribution in [0, 0.1) is 0 Å². The van der Waals surface area contributed by atoms with E-state index in [9.17, 15) is 14.4 Å². The molecule has 0 aliphatic heterocycles. The molecule has 33 heavy (non-hydrogen) atoms. The molecular weight excluding hydrogens is 420 g/mol. The molecule has 0 atom stereocenters. The van der Waals surface area contributed by atoms with Gasteiger partial charge in [0.1, 0.15) is 0 Å². The van der Waals surface area contributed by atoms with E-state index < -0.39 is 17.4 Å². The quantitative estimate of drug-likeness (QED) is 0.395. The van der Waals surface area contributed by atoms with E-state index in [-0.39, 0.29) is 25.5 Å². The van der Waals surface area contributed by atoms with E-state index in [0.717, 1.165) is 0 Å². The summed E-state index contributed by atoms with van der Waals surface area (Å²) in [5, 5.41) is 2.81. The Hall–Kier alpha value is -4.00. The molecule has 0 fully saturated rings. The second-order valence-electron chi connectivity index (χ2n) is 7.24. The smallest absolute Gasteiger partial charge is 0.328 e. The zero-order valence-electron chi connectivity index (χ0n) is 18.6. The molecule has 0 saturated carbocycles. The van der Waals surface area contributed by atoms with Gasteiger partial charge in [0.25, 0.3) is 5.91 Å². The Kier molecular flexibility index (Phi) is 7.91. The number of rotatable bonds is 9. The highest BCUT2D eigenvalue weighted by molar-refractivity contribution is 6.07. The summed E-state index contributed by atoms with van der Waals surface area (Å²) in [6.45, 7) is 3.56. The fourth-order valence-electron chi connectivity index (χ4n) is 3.48. The number of amides is 1. The molecule has 3 aromatic rings. The number of esters is 2. The largest absolute Gasteiger partial charge is 0.465 e. The van der Waals surface area contributed by atoms with Gasteiger partial charge in [-0.25, -0.2) is 0 Å². The van der Waals surface area contributed by atoms with Crippen molar-refractivity contribution in [2.24, 2.45) is 0 Å². The van der Waals surface area contributed by atoms with E-state index in [1.165, 1.54) is 0 Å². The van der Waals surface area contributed by atoms with Crippen LogP contribution in [0.1, 0.15) is 35.5 Å². The molecule has 0 saturated heterocycles. The summed E-state index contributed by atoms with van der Waals surface area (Å²) in [6.07, 6.45) is 1.57. The number of carbonyl (C=O) groups excluding carboxylic acids is 3. The van der Waals surface area contributed by atoms with Crippen molar-refractivity contribution in [2.75, 3.05) is 18.5 Å². The Morgan fingerprint density at radius 2 is 1.42 bits per heavy atom. The van der Waals surface area contributed by atoms with Gasteiger partial charge in [0.15, 0.2) is 5.41 Å². The van der Waals surface area contributed by atoms with Gasteiger partial charge >= 0.3 is 11.9 Å². The Labute approximate surface area is 192 Å². The summed E-state index contributed by atoms with van der Waals surface area (Å²) in [6, 6.07) is 20.6. The van der Waals surface area contributed by atoms with Gasteiger partial charge in [-0.1, -0.05) is 36.4 Å². The topological polar surface area (TPSA) is 94.6 Å². The number of hydrogen-bond donors (Lipinski definition) is 1. The fraction of sp³-hybridized carbons (Fsp3) is 0.231. The standard InChI is InChI=1S/C26H26N2O5/c1-3-32-24(30)26(25(31)33-4-2,18-22-12-8-9-17-27-22)20-13-15-21(16-14-20)28-23(29)19-10-6-5-7-11-19/h5-17H,3-4,18H2,1-2H3,(H,28,29). The van der Waals surface area contributed by atoms with Crippen LogP contribution in [0.3, 0.4) is 0 Å². The Morgan fingerprint density at radius 3 is 1.97 bits per heavy atom. The Morgan fingerprint density at radius 1 is 0.818 bits per heavy atom. The number of nitrogens with one attached hydrogen (secondary N) is 1. The molecule has 7 heteroatoms. The summed E-state index contributed by atoms with van der Waals surface area (Å²) < 4.78 is 10.6. The minimum absolute atomic E-state index is 0.0266. The summed E-state index contributed by atoms with van der Waals surface area (Å²) in [4.78, 5) is 43.2. The molecule has 0 aliphatic carbocycles. The first-order valence-corrected chi connectivity index (χ1v) is 10.7. The number of aromatic nitrogens is 1. The molecule has 0 radical (unpaired) electrons. The number of ether oxygens (including phenoxy) is 2. The second-order valence-corrected chi connectivity index (χ2v) is 7.24. The van der Waals surface area contributed by atoms with Crippen LogP contribution in [0.4, 0.5) is 5.69 Å². The van der Waals surface area contributed by atoms with Crippen LogP contribution in [0.2, 0.25) is 0 Å². The summed E-state index contributed by atoms with van der Waals surface area (Å²) in [5.41, 5.74) is 0.238. The van der Waals surface area contributed by atoms with Crippen molar-refractivity contribution in [3.63, 3.8) is 0 Å². The summed E-state index contributed by atoms with van der Waals surface area (Å²) in [5.74, 6) is -1.69.